The predicted molar refractivity (Wildman–Crippen MR) is 207 cm³/mol. The van der Waals surface area contributed by atoms with Gasteiger partial charge in [0.15, 0.2) is 5.65 Å². The molecule has 4 nitrogen and oxygen atoms in total. The van der Waals surface area contributed by atoms with Gasteiger partial charge < -0.3 is 4.57 Å². The molecule has 226 valence electrons. The van der Waals surface area contributed by atoms with Crippen LogP contribution < -0.4 is 0 Å². The number of nitrogens with zero attached hydrogens (tertiary/aromatic N) is 4. The van der Waals surface area contributed by atoms with Crippen LogP contribution in [-0.2, 0) is 0 Å². The minimum absolute atomic E-state index is 0.912. The number of hydrogen-bond donors (Lipinski definition) is 0. The molecule has 0 unspecified atom stereocenters. The van der Waals surface area contributed by atoms with Gasteiger partial charge in [0, 0.05) is 52.8 Å². The zero-order valence-corrected chi connectivity index (χ0v) is 26.9. The maximum atomic E-state index is 5.23. The topological polar surface area (TPSA) is 35.1 Å². The second kappa shape index (κ2) is 9.19. The van der Waals surface area contributed by atoms with Crippen LogP contribution in [0.4, 0.5) is 0 Å². The van der Waals surface area contributed by atoms with Gasteiger partial charge in [0.25, 0.3) is 0 Å². The zero-order chi connectivity index (χ0) is 31.8. The van der Waals surface area contributed by atoms with Crippen LogP contribution in [0.5, 0.6) is 0 Å². The van der Waals surface area contributed by atoms with Crippen molar-refractivity contribution >= 4 is 103 Å². The highest BCUT2D eigenvalue weighted by molar-refractivity contribution is 7.26. The Balaban J connectivity index is 1.21. The van der Waals surface area contributed by atoms with E-state index < -0.39 is 0 Å². The Morgan fingerprint density at radius 1 is 0.449 bits per heavy atom. The number of hydrogen-bond acceptors (Lipinski definition) is 3. The van der Waals surface area contributed by atoms with E-state index in [1.807, 2.05) is 23.5 Å². The highest BCUT2D eigenvalue weighted by Gasteiger charge is 2.24. The quantitative estimate of drug-likeness (QED) is 0.188. The molecule has 0 aliphatic heterocycles. The third-order valence-electron chi connectivity index (χ3n) is 10.4. The van der Waals surface area contributed by atoms with Crippen LogP contribution in [0, 0.1) is 0 Å². The third-order valence-corrected chi connectivity index (χ3v) is 11.5. The minimum atomic E-state index is 0.912. The number of thiophene rings is 1. The molecule has 49 heavy (non-hydrogen) atoms. The van der Waals surface area contributed by atoms with E-state index in [2.05, 4.69) is 142 Å². The van der Waals surface area contributed by atoms with Crippen LogP contribution in [0.3, 0.4) is 0 Å². The van der Waals surface area contributed by atoms with Crippen LogP contribution in [-0.4, -0.2) is 18.9 Å². The van der Waals surface area contributed by atoms with Gasteiger partial charge in [0.1, 0.15) is 5.52 Å². The summed E-state index contributed by atoms with van der Waals surface area (Å²) in [5, 5.41) is 8.83. The average molecular weight is 641 g/mol. The van der Waals surface area contributed by atoms with Gasteiger partial charge in [-0.1, -0.05) is 84.9 Å². The van der Waals surface area contributed by atoms with Gasteiger partial charge in [0.2, 0.25) is 0 Å². The molecule has 0 atom stereocenters. The van der Waals surface area contributed by atoms with Crippen LogP contribution in [0.15, 0.2) is 146 Å². The first-order valence-electron chi connectivity index (χ1n) is 16.6. The van der Waals surface area contributed by atoms with E-state index >= 15 is 0 Å². The van der Waals surface area contributed by atoms with Crippen molar-refractivity contribution in [2.45, 2.75) is 0 Å². The van der Waals surface area contributed by atoms with Crippen molar-refractivity contribution in [3.63, 3.8) is 0 Å². The molecule has 5 heterocycles. The highest BCUT2D eigenvalue weighted by atomic mass is 32.1. The molecule has 0 saturated carbocycles. The molecular formula is C44H24N4S. The summed E-state index contributed by atoms with van der Waals surface area (Å²) in [5.74, 6) is 0. The third kappa shape index (κ3) is 3.32. The fourth-order valence-electron chi connectivity index (χ4n) is 8.34. The molecule has 7 aromatic carbocycles. The number of aromatic nitrogens is 4. The van der Waals surface area contributed by atoms with Crippen molar-refractivity contribution < 1.29 is 0 Å². The Labute approximate surface area is 283 Å². The summed E-state index contributed by atoms with van der Waals surface area (Å²) < 4.78 is 7.34. The first-order valence-corrected chi connectivity index (χ1v) is 17.4. The van der Waals surface area contributed by atoms with E-state index in [-0.39, 0.29) is 0 Å². The highest BCUT2D eigenvalue weighted by Crippen LogP contribution is 2.48. The summed E-state index contributed by atoms with van der Waals surface area (Å²) in [6, 6.07) is 52.7. The molecule has 0 aliphatic rings. The van der Waals surface area contributed by atoms with Crippen LogP contribution >= 0.6 is 11.3 Å². The molecular weight excluding hydrogens is 617 g/mol. The van der Waals surface area contributed by atoms with Gasteiger partial charge in [-0.05, 0) is 71.8 Å². The Morgan fingerprint density at radius 3 is 2.06 bits per heavy atom. The number of para-hydroxylation sites is 4. The van der Waals surface area contributed by atoms with E-state index in [1.165, 1.54) is 69.4 Å². The molecule has 0 N–H and O–H groups in total. The molecule has 0 radical (unpaired) electrons. The SMILES string of the molecule is c1ccc(-n2c3ccccc3c3ccc(-c4ccc5c(c4)c4c6c(cc7c8nc9ccccc9nc8n5c74)sc4ccccc46)cc32)cc1. The van der Waals surface area contributed by atoms with Crippen molar-refractivity contribution in [3.05, 3.63) is 146 Å². The lowest BCUT2D eigenvalue weighted by molar-refractivity contribution is 1.18. The molecule has 0 aliphatic carbocycles. The summed E-state index contributed by atoms with van der Waals surface area (Å²) >= 11 is 1.86. The normalized spacial score (nSPS) is 12.5. The fourth-order valence-corrected chi connectivity index (χ4v) is 9.49. The Bertz CT molecular complexity index is 3330. The summed E-state index contributed by atoms with van der Waals surface area (Å²) in [6.45, 7) is 0. The van der Waals surface area contributed by atoms with Gasteiger partial charge in [-0.25, -0.2) is 9.97 Å². The average Bonchev–Trinajstić information content (AvgIpc) is 3.88. The maximum Gasteiger partial charge on any atom is 0.165 e. The van der Waals surface area contributed by atoms with E-state index in [1.54, 1.807) is 0 Å². The first kappa shape index (κ1) is 25.7. The van der Waals surface area contributed by atoms with Crippen LogP contribution in [0.1, 0.15) is 0 Å². The van der Waals surface area contributed by atoms with Gasteiger partial charge in [-0.3, -0.25) is 4.40 Å². The lowest BCUT2D eigenvalue weighted by atomic mass is 9.99. The predicted octanol–water partition coefficient (Wildman–Crippen LogP) is 11.9. The monoisotopic (exact) mass is 640 g/mol. The molecule has 12 rings (SSSR count). The van der Waals surface area contributed by atoms with Crippen molar-refractivity contribution in [2.75, 3.05) is 0 Å². The number of benzene rings is 7. The molecule has 5 heteroatoms. The van der Waals surface area contributed by atoms with E-state index in [0.29, 0.717) is 0 Å². The van der Waals surface area contributed by atoms with E-state index in [4.69, 9.17) is 9.97 Å². The summed E-state index contributed by atoms with van der Waals surface area (Å²) in [4.78, 5) is 10.4. The Morgan fingerprint density at radius 2 is 1.16 bits per heavy atom. The minimum Gasteiger partial charge on any atom is -0.309 e. The van der Waals surface area contributed by atoms with Crippen molar-refractivity contribution in [1.82, 2.24) is 18.9 Å². The molecule has 0 bridgehead atoms. The molecule has 5 aromatic heterocycles. The van der Waals surface area contributed by atoms with Crippen LogP contribution in [0.25, 0.3) is 108 Å². The lowest BCUT2D eigenvalue weighted by Gasteiger charge is -2.09. The van der Waals surface area contributed by atoms with E-state index in [0.717, 1.165) is 38.8 Å². The molecule has 0 amide bonds. The second-order valence-electron chi connectivity index (χ2n) is 13.0. The van der Waals surface area contributed by atoms with Crippen molar-refractivity contribution in [1.29, 1.82) is 0 Å². The zero-order valence-electron chi connectivity index (χ0n) is 26.1. The molecule has 0 spiro atoms. The first-order chi connectivity index (χ1) is 24.3. The smallest absolute Gasteiger partial charge is 0.165 e. The summed E-state index contributed by atoms with van der Waals surface area (Å²) in [7, 11) is 0. The molecule has 12 aromatic rings. The standard InChI is InChI=1S/C44H24N4S/c1-2-10-27(11-3-1)47-35-16-8-4-12-28(35)29-20-18-26(23-37(29)47)25-19-21-36-31(22-25)41-40-30-13-5-9-17-38(30)49-39(40)24-32-42-44(48(36)43(32)41)46-34-15-7-6-14-33(34)45-42/h1-24H. The van der Waals surface area contributed by atoms with Crippen molar-refractivity contribution in [2.24, 2.45) is 0 Å². The Kier molecular flexibility index (Phi) is 4.83. The van der Waals surface area contributed by atoms with Crippen molar-refractivity contribution in [3.8, 4) is 16.8 Å². The molecule has 0 saturated heterocycles. The summed E-state index contributed by atoms with van der Waals surface area (Å²) in [5.41, 5.74) is 12.0. The van der Waals surface area contributed by atoms with E-state index in [9.17, 15) is 0 Å². The van der Waals surface area contributed by atoms with Gasteiger partial charge in [-0.15, -0.1) is 11.3 Å². The van der Waals surface area contributed by atoms with Gasteiger partial charge in [-0.2, -0.15) is 0 Å². The number of rotatable bonds is 2. The second-order valence-corrected chi connectivity index (χ2v) is 14.1. The van der Waals surface area contributed by atoms with Gasteiger partial charge >= 0.3 is 0 Å². The van der Waals surface area contributed by atoms with Crippen LogP contribution in [0.2, 0.25) is 0 Å². The molecule has 0 fully saturated rings. The maximum absolute atomic E-state index is 5.23. The number of fused-ring (bicyclic) bond motifs is 14. The lowest BCUT2D eigenvalue weighted by Crippen LogP contribution is -1.93. The largest absolute Gasteiger partial charge is 0.309 e. The fraction of sp³-hybridized carbons (Fsp3) is 0. The summed E-state index contributed by atoms with van der Waals surface area (Å²) in [6.07, 6.45) is 0. The Hall–Kier alpha value is -6.30. The van der Waals surface area contributed by atoms with Gasteiger partial charge in [0.05, 0.1) is 33.1 Å².